The molecule has 2 heterocycles. The van der Waals surface area contributed by atoms with E-state index in [1.165, 1.54) is 11.3 Å². The monoisotopic (exact) mass is 456 g/mol. The molecule has 0 bridgehead atoms. The summed E-state index contributed by atoms with van der Waals surface area (Å²) in [4.78, 5) is 30.0. The number of thiazole rings is 1. The molecule has 0 radical (unpaired) electrons. The highest BCUT2D eigenvalue weighted by Gasteiger charge is 2.32. The first kappa shape index (κ1) is 23.2. The SMILES string of the molecule is Cc1nc(C(NC(=O)C(=O)Nc2ccc(C(F)(F)F)cc2)C2CCCCN2)sc1CO. The van der Waals surface area contributed by atoms with E-state index in [9.17, 15) is 27.9 Å². The van der Waals surface area contributed by atoms with Crippen molar-refractivity contribution in [2.24, 2.45) is 0 Å². The minimum absolute atomic E-state index is 0.0770. The van der Waals surface area contributed by atoms with Gasteiger partial charge in [0, 0.05) is 11.7 Å². The van der Waals surface area contributed by atoms with Crippen molar-refractivity contribution in [2.45, 2.75) is 51.1 Å². The molecule has 1 aliphatic heterocycles. The van der Waals surface area contributed by atoms with Gasteiger partial charge in [0.1, 0.15) is 5.01 Å². The number of benzene rings is 1. The van der Waals surface area contributed by atoms with Crippen LogP contribution in [-0.2, 0) is 22.4 Å². The third-order valence-corrected chi connectivity index (χ3v) is 6.26. The van der Waals surface area contributed by atoms with Gasteiger partial charge in [-0.2, -0.15) is 13.2 Å². The number of carbonyl (C=O) groups is 2. The van der Waals surface area contributed by atoms with Gasteiger partial charge in [-0.15, -0.1) is 11.3 Å². The third-order valence-electron chi connectivity index (χ3n) is 5.03. The van der Waals surface area contributed by atoms with E-state index in [4.69, 9.17) is 0 Å². The fourth-order valence-electron chi connectivity index (χ4n) is 3.37. The maximum absolute atomic E-state index is 12.7. The largest absolute Gasteiger partial charge is 0.416 e. The molecule has 1 aromatic heterocycles. The molecule has 168 valence electrons. The number of halogens is 3. The molecular weight excluding hydrogens is 433 g/mol. The summed E-state index contributed by atoms with van der Waals surface area (Å²) in [5, 5.41) is 18.4. The number of aliphatic hydroxyl groups is 1. The number of nitrogens with one attached hydrogen (secondary N) is 3. The molecule has 11 heteroatoms. The summed E-state index contributed by atoms with van der Waals surface area (Å²) in [5.74, 6) is -1.91. The van der Waals surface area contributed by atoms with Crippen molar-refractivity contribution in [3.8, 4) is 0 Å². The number of rotatable bonds is 5. The Labute approximate surface area is 181 Å². The second-order valence-electron chi connectivity index (χ2n) is 7.26. The number of hydrogen-bond acceptors (Lipinski definition) is 6. The molecule has 2 amide bonds. The number of aryl methyl sites for hydroxylation is 1. The summed E-state index contributed by atoms with van der Waals surface area (Å²) < 4.78 is 38.0. The zero-order valence-corrected chi connectivity index (χ0v) is 17.6. The van der Waals surface area contributed by atoms with Crippen LogP contribution in [0.1, 0.15) is 46.4 Å². The lowest BCUT2D eigenvalue weighted by Crippen LogP contribution is -2.48. The fourth-order valence-corrected chi connectivity index (χ4v) is 4.41. The molecule has 0 spiro atoms. The standard InChI is InChI=1S/C20H23F3N4O3S/c1-11-15(10-28)31-19(25-11)16(14-4-2-3-9-24-14)27-18(30)17(29)26-13-7-5-12(6-8-13)20(21,22)23/h5-8,14,16,24,28H,2-4,9-10H2,1H3,(H,26,29)(H,27,30). The maximum atomic E-state index is 12.7. The van der Waals surface area contributed by atoms with E-state index in [-0.39, 0.29) is 18.3 Å². The van der Waals surface area contributed by atoms with Crippen LogP contribution in [0.2, 0.25) is 0 Å². The molecule has 1 fully saturated rings. The number of carbonyl (C=O) groups excluding carboxylic acids is 2. The Morgan fingerprint density at radius 2 is 1.97 bits per heavy atom. The number of aliphatic hydroxyl groups excluding tert-OH is 1. The van der Waals surface area contributed by atoms with Crippen LogP contribution in [0.3, 0.4) is 0 Å². The number of amides is 2. The summed E-state index contributed by atoms with van der Waals surface area (Å²) in [7, 11) is 0. The van der Waals surface area contributed by atoms with Gasteiger partial charge >= 0.3 is 18.0 Å². The Morgan fingerprint density at radius 1 is 1.26 bits per heavy atom. The summed E-state index contributed by atoms with van der Waals surface area (Å²) >= 11 is 1.27. The van der Waals surface area contributed by atoms with Gasteiger partial charge in [0.05, 0.1) is 28.8 Å². The molecule has 1 aromatic carbocycles. The van der Waals surface area contributed by atoms with Crippen molar-refractivity contribution in [3.63, 3.8) is 0 Å². The summed E-state index contributed by atoms with van der Waals surface area (Å²) in [6, 6.07) is 3.13. The first-order valence-corrected chi connectivity index (χ1v) is 10.6. The predicted octanol–water partition coefficient (Wildman–Crippen LogP) is 2.90. The Morgan fingerprint density at radius 3 is 2.52 bits per heavy atom. The minimum Gasteiger partial charge on any atom is -0.391 e. The van der Waals surface area contributed by atoms with E-state index >= 15 is 0 Å². The first-order valence-electron chi connectivity index (χ1n) is 9.78. The maximum Gasteiger partial charge on any atom is 0.416 e. The smallest absolute Gasteiger partial charge is 0.391 e. The molecule has 2 unspecified atom stereocenters. The zero-order chi connectivity index (χ0) is 22.6. The van der Waals surface area contributed by atoms with Crippen LogP contribution in [-0.4, -0.2) is 34.5 Å². The van der Waals surface area contributed by atoms with E-state index in [1.54, 1.807) is 6.92 Å². The average molecular weight is 456 g/mol. The number of anilines is 1. The van der Waals surface area contributed by atoms with Crippen molar-refractivity contribution in [3.05, 3.63) is 45.4 Å². The molecule has 1 aliphatic rings. The number of hydrogen-bond donors (Lipinski definition) is 4. The van der Waals surface area contributed by atoms with Gasteiger partial charge in [-0.1, -0.05) is 6.42 Å². The van der Waals surface area contributed by atoms with E-state index in [0.717, 1.165) is 50.1 Å². The summed E-state index contributed by atoms with van der Waals surface area (Å²) in [6.45, 7) is 2.36. The molecule has 31 heavy (non-hydrogen) atoms. The minimum atomic E-state index is -4.49. The second kappa shape index (κ2) is 9.75. The molecule has 4 N–H and O–H groups in total. The van der Waals surface area contributed by atoms with Crippen LogP contribution in [0, 0.1) is 6.92 Å². The lowest BCUT2D eigenvalue weighted by Gasteiger charge is -2.30. The number of aromatic nitrogens is 1. The number of nitrogens with zero attached hydrogens (tertiary/aromatic N) is 1. The van der Waals surface area contributed by atoms with Crippen molar-refractivity contribution in [1.82, 2.24) is 15.6 Å². The van der Waals surface area contributed by atoms with E-state index < -0.39 is 29.6 Å². The highest BCUT2D eigenvalue weighted by molar-refractivity contribution is 7.11. The van der Waals surface area contributed by atoms with E-state index in [0.29, 0.717) is 15.6 Å². The lowest BCUT2D eigenvalue weighted by molar-refractivity contribution is -0.137. The highest BCUT2D eigenvalue weighted by Crippen LogP contribution is 2.30. The topological polar surface area (TPSA) is 103 Å². The quantitative estimate of drug-likeness (QED) is 0.518. The lowest BCUT2D eigenvalue weighted by atomic mass is 9.98. The second-order valence-corrected chi connectivity index (χ2v) is 8.37. The predicted molar refractivity (Wildman–Crippen MR) is 109 cm³/mol. The van der Waals surface area contributed by atoms with Crippen LogP contribution < -0.4 is 16.0 Å². The molecule has 2 aromatic rings. The van der Waals surface area contributed by atoms with E-state index in [2.05, 4.69) is 20.9 Å². The van der Waals surface area contributed by atoms with Crippen LogP contribution in [0.4, 0.5) is 18.9 Å². The van der Waals surface area contributed by atoms with Gasteiger partial charge in [0.15, 0.2) is 0 Å². The summed E-state index contributed by atoms with van der Waals surface area (Å²) in [6.07, 6.45) is -1.75. The van der Waals surface area contributed by atoms with Crippen LogP contribution in [0.25, 0.3) is 0 Å². The van der Waals surface area contributed by atoms with Crippen molar-refractivity contribution < 1.29 is 27.9 Å². The molecule has 3 rings (SSSR count). The van der Waals surface area contributed by atoms with Gasteiger partial charge in [-0.25, -0.2) is 4.98 Å². The van der Waals surface area contributed by atoms with Gasteiger partial charge in [-0.05, 0) is 50.6 Å². The molecule has 0 saturated carbocycles. The van der Waals surface area contributed by atoms with Crippen LogP contribution in [0.5, 0.6) is 0 Å². The van der Waals surface area contributed by atoms with Crippen molar-refractivity contribution in [1.29, 1.82) is 0 Å². The van der Waals surface area contributed by atoms with Crippen LogP contribution in [0.15, 0.2) is 24.3 Å². The molecule has 0 aliphatic carbocycles. The Kier molecular flexibility index (Phi) is 7.29. The Balaban J connectivity index is 1.72. The molecule has 7 nitrogen and oxygen atoms in total. The normalized spacial score (nSPS) is 17.8. The van der Waals surface area contributed by atoms with Gasteiger partial charge < -0.3 is 21.1 Å². The Bertz CT molecular complexity index is 925. The van der Waals surface area contributed by atoms with Crippen LogP contribution >= 0.6 is 11.3 Å². The summed E-state index contributed by atoms with van der Waals surface area (Å²) in [5.41, 5.74) is -0.114. The van der Waals surface area contributed by atoms with Gasteiger partial charge in [-0.3, -0.25) is 9.59 Å². The van der Waals surface area contributed by atoms with E-state index in [1.807, 2.05) is 0 Å². The molecule has 2 atom stereocenters. The number of piperidine rings is 1. The van der Waals surface area contributed by atoms with Crippen molar-refractivity contribution >= 4 is 28.8 Å². The first-order chi connectivity index (χ1) is 14.7. The highest BCUT2D eigenvalue weighted by atomic mass is 32.1. The third kappa shape index (κ3) is 5.81. The van der Waals surface area contributed by atoms with Crippen molar-refractivity contribution in [2.75, 3.05) is 11.9 Å². The average Bonchev–Trinajstić information content (AvgIpc) is 3.12. The molecular formula is C20H23F3N4O3S. The van der Waals surface area contributed by atoms with Gasteiger partial charge in [0.2, 0.25) is 0 Å². The zero-order valence-electron chi connectivity index (χ0n) is 16.8. The number of alkyl halides is 3. The van der Waals surface area contributed by atoms with Gasteiger partial charge in [0.25, 0.3) is 0 Å². The fraction of sp³-hybridized carbons (Fsp3) is 0.450. The Hall–Kier alpha value is -2.50. The molecule has 1 saturated heterocycles.